The zero-order valence-electron chi connectivity index (χ0n) is 10.3. The second kappa shape index (κ2) is 6.26. The molecule has 0 saturated heterocycles. The molecule has 2 aromatic carbocycles. The van der Waals surface area contributed by atoms with Crippen molar-refractivity contribution in [2.24, 2.45) is 5.92 Å². The van der Waals surface area contributed by atoms with Gasteiger partial charge < -0.3 is 0 Å². The smallest absolute Gasteiger partial charge is 0.0628 e. The molecule has 2 atom stereocenters. The Balaban J connectivity index is 2.14. The normalized spacial score (nSPS) is 15.9. The highest BCUT2D eigenvalue weighted by molar-refractivity contribution is 6.24. The van der Waals surface area contributed by atoms with Crippen molar-refractivity contribution in [3.05, 3.63) is 71.8 Å². The molecule has 0 amide bonds. The summed E-state index contributed by atoms with van der Waals surface area (Å²) in [6, 6.07) is 20.2. The van der Waals surface area contributed by atoms with Crippen molar-refractivity contribution in [2.75, 3.05) is 0 Å². The molecule has 2 heteroatoms. The molecule has 0 bridgehead atoms. The Morgan fingerprint density at radius 2 is 1.00 bits per heavy atom. The average molecular weight is 279 g/mol. The lowest BCUT2D eigenvalue weighted by atomic mass is 9.93. The molecule has 0 fully saturated rings. The van der Waals surface area contributed by atoms with Gasteiger partial charge in [0.1, 0.15) is 0 Å². The molecule has 0 aliphatic heterocycles. The number of benzene rings is 2. The van der Waals surface area contributed by atoms with E-state index in [0.717, 1.165) is 11.1 Å². The molecule has 0 nitrogen and oxygen atoms in total. The van der Waals surface area contributed by atoms with Gasteiger partial charge in [-0.1, -0.05) is 67.6 Å². The quantitative estimate of drug-likeness (QED) is 0.640. The summed E-state index contributed by atoms with van der Waals surface area (Å²) in [6.45, 7) is 2.09. The van der Waals surface area contributed by atoms with Crippen LogP contribution in [0, 0.1) is 5.92 Å². The van der Waals surface area contributed by atoms with Crippen molar-refractivity contribution in [3.63, 3.8) is 0 Å². The molecule has 0 spiro atoms. The molecule has 0 heterocycles. The van der Waals surface area contributed by atoms with Gasteiger partial charge in [-0.2, -0.15) is 0 Å². The van der Waals surface area contributed by atoms with Crippen LogP contribution in [0.3, 0.4) is 0 Å². The van der Waals surface area contributed by atoms with E-state index in [-0.39, 0.29) is 16.7 Å². The molecule has 2 rings (SSSR count). The van der Waals surface area contributed by atoms with E-state index < -0.39 is 0 Å². The highest BCUT2D eigenvalue weighted by Gasteiger charge is 2.24. The van der Waals surface area contributed by atoms with E-state index in [9.17, 15) is 0 Å². The van der Waals surface area contributed by atoms with E-state index in [1.165, 1.54) is 0 Å². The summed E-state index contributed by atoms with van der Waals surface area (Å²) < 4.78 is 0. The third-order valence-corrected chi connectivity index (χ3v) is 4.46. The Hall–Kier alpha value is -0.980. The third kappa shape index (κ3) is 3.07. The van der Waals surface area contributed by atoms with Crippen molar-refractivity contribution in [1.82, 2.24) is 0 Å². The lowest BCUT2D eigenvalue weighted by molar-refractivity contribution is 0.541. The van der Waals surface area contributed by atoms with Crippen molar-refractivity contribution in [1.29, 1.82) is 0 Å². The molecular formula is C16H16Cl2. The monoisotopic (exact) mass is 278 g/mol. The maximum Gasteiger partial charge on any atom is 0.0628 e. The summed E-state index contributed by atoms with van der Waals surface area (Å²) >= 11 is 13.0. The molecule has 0 aromatic heterocycles. The lowest BCUT2D eigenvalue weighted by Gasteiger charge is -2.23. The molecule has 18 heavy (non-hydrogen) atoms. The Labute approximate surface area is 119 Å². The molecule has 0 aliphatic carbocycles. The lowest BCUT2D eigenvalue weighted by Crippen LogP contribution is -2.10. The zero-order chi connectivity index (χ0) is 13.0. The molecule has 94 valence electrons. The molecular weight excluding hydrogens is 263 g/mol. The average Bonchev–Trinajstić information content (AvgIpc) is 2.47. The largest absolute Gasteiger partial charge is 0.117 e. The van der Waals surface area contributed by atoms with Gasteiger partial charge in [0, 0.05) is 0 Å². The Morgan fingerprint density at radius 3 is 1.33 bits per heavy atom. The van der Waals surface area contributed by atoms with Gasteiger partial charge in [0.05, 0.1) is 10.8 Å². The summed E-state index contributed by atoms with van der Waals surface area (Å²) in [5.41, 5.74) is 2.24. The molecule has 0 radical (unpaired) electrons. The first-order valence-corrected chi connectivity index (χ1v) is 6.95. The van der Waals surface area contributed by atoms with Crippen LogP contribution in [0.1, 0.15) is 28.8 Å². The first-order chi connectivity index (χ1) is 8.70. The van der Waals surface area contributed by atoms with E-state index in [1.54, 1.807) is 0 Å². The highest BCUT2D eigenvalue weighted by atomic mass is 35.5. The van der Waals surface area contributed by atoms with Crippen LogP contribution < -0.4 is 0 Å². The Bertz CT molecular complexity index is 421. The minimum Gasteiger partial charge on any atom is -0.117 e. The van der Waals surface area contributed by atoms with Crippen molar-refractivity contribution >= 4 is 23.2 Å². The van der Waals surface area contributed by atoms with Gasteiger partial charge in [-0.3, -0.25) is 0 Å². The fourth-order valence-electron chi connectivity index (χ4n) is 2.03. The minimum absolute atomic E-state index is 0.0751. The van der Waals surface area contributed by atoms with Gasteiger partial charge in [-0.15, -0.1) is 23.2 Å². The number of hydrogen-bond acceptors (Lipinski definition) is 0. The van der Waals surface area contributed by atoms with Crippen molar-refractivity contribution in [3.8, 4) is 0 Å². The molecule has 2 aromatic rings. The Kier molecular flexibility index (Phi) is 4.68. The minimum atomic E-state index is -0.0751. The van der Waals surface area contributed by atoms with Gasteiger partial charge in [0.25, 0.3) is 0 Å². The topological polar surface area (TPSA) is 0 Å². The van der Waals surface area contributed by atoms with Gasteiger partial charge in [-0.05, 0) is 17.0 Å². The van der Waals surface area contributed by atoms with E-state index in [1.807, 2.05) is 60.7 Å². The predicted molar refractivity (Wildman–Crippen MR) is 79.2 cm³/mol. The number of rotatable bonds is 4. The summed E-state index contributed by atoms with van der Waals surface area (Å²) in [4.78, 5) is 0. The highest BCUT2D eigenvalue weighted by Crippen LogP contribution is 2.40. The molecule has 0 saturated carbocycles. The first kappa shape index (κ1) is 13.5. The van der Waals surface area contributed by atoms with Crippen molar-refractivity contribution < 1.29 is 0 Å². The predicted octanol–water partition coefficient (Wildman–Crippen LogP) is 5.58. The van der Waals surface area contributed by atoms with Crippen LogP contribution in [-0.4, -0.2) is 0 Å². The van der Waals surface area contributed by atoms with Gasteiger partial charge in [-0.25, -0.2) is 0 Å². The summed E-state index contributed by atoms with van der Waals surface area (Å²) in [5, 5.41) is -0.150. The Morgan fingerprint density at radius 1 is 0.667 bits per heavy atom. The second-order valence-corrected chi connectivity index (χ2v) is 5.42. The van der Waals surface area contributed by atoms with Crippen molar-refractivity contribution in [2.45, 2.75) is 17.7 Å². The number of alkyl halides is 2. The summed E-state index contributed by atoms with van der Waals surface area (Å²) in [6.07, 6.45) is 0. The SMILES string of the molecule is CC(C(Cl)c1ccccc1)C(Cl)c1ccccc1. The maximum absolute atomic E-state index is 6.52. The standard InChI is InChI=1S/C16H16Cl2/c1-12(15(17)13-8-4-2-5-9-13)16(18)14-10-6-3-7-11-14/h2-12,15-16H,1H3. The first-order valence-electron chi connectivity index (χ1n) is 6.08. The summed E-state index contributed by atoms with van der Waals surface area (Å²) in [7, 11) is 0. The van der Waals surface area contributed by atoms with E-state index >= 15 is 0 Å². The summed E-state index contributed by atoms with van der Waals surface area (Å²) in [5.74, 6) is 0.165. The number of hydrogen-bond donors (Lipinski definition) is 0. The fraction of sp³-hybridized carbons (Fsp3) is 0.250. The fourth-order valence-corrected chi connectivity index (χ4v) is 2.69. The molecule has 2 unspecified atom stereocenters. The van der Waals surface area contributed by atoms with E-state index in [4.69, 9.17) is 23.2 Å². The van der Waals surface area contributed by atoms with Crippen LogP contribution in [-0.2, 0) is 0 Å². The van der Waals surface area contributed by atoms with Gasteiger partial charge >= 0.3 is 0 Å². The van der Waals surface area contributed by atoms with Gasteiger partial charge in [0.15, 0.2) is 0 Å². The van der Waals surface area contributed by atoms with Crippen LogP contribution >= 0.6 is 23.2 Å². The van der Waals surface area contributed by atoms with E-state index in [0.29, 0.717) is 0 Å². The molecule has 0 aliphatic rings. The second-order valence-electron chi connectivity index (χ2n) is 4.48. The van der Waals surface area contributed by atoms with Gasteiger partial charge in [0.2, 0.25) is 0 Å². The zero-order valence-corrected chi connectivity index (χ0v) is 11.8. The third-order valence-electron chi connectivity index (χ3n) is 3.16. The van der Waals surface area contributed by atoms with Crippen LogP contribution in [0.4, 0.5) is 0 Å². The van der Waals surface area contributed by atoms with Crippen LogP contribution in [0.25, 0.3) is 0 Å². The molecule has 0 N–H and O–H groups in total. The number of halogens is 2. The van der Waals surface area contributed by atoms with E-state index in [2.05, 4.69) is 6.92 Å². The van der Waals surface area contributed by atoms with Crippen LogP contribution in [0.15, 0.2) is 60.7 Å². The van der Waals surface area contributed by atoms with Crippen LogP contribution in [0.5, 0.6) is 0 Å². The van der Waals surface area contributed by atoms with Crippen LogP contribution in [0.2, 0.25) is 0 Å². The maximum atomic E-state index is 6.52.